The summed E-state index contributed by atoms with van der Waals surface area (Å²) in [5.41, 5.74) is 0.227. The highest BCUT2D eigenvalue weighted by Crippen LogP contribution is 2.45. The molecule has 0 amide bonds. The number of carboxylic acids is 1. The Bertz CT molecular complexity index is 881. The second-order valence-corrected chi connectivity index (χ2v) is 6.99. The predicted octanol–water partition coefficient (Wildman–Crippen LogP) is 6.01. The van der Waals surface area contributed by atoms with E-state index in [1.165, 1.54) is 18.2 Å². The first kappa shape index (κ1) is 19.9. The molecule has 1 aliphatic heterocycles. The van der Waals surface area contributed by atoms with Gasteiger partial charge in [0.05, 0.1) is 15.1 Å². The maximum absolute atomic E-state index is 13.2. The quantitative estimate of drug-likeness (QED) is 0.634. The van der Waals surface area contributed by atoms with Crippen LogP contribution in [0.15, 0.2) is 30.3 Å². The monoisotopic (exact) mass is 440 g/mol. The van der Waals surface area contributed by atoms with Crippen LogP contribution in [0.4, 0.5) is 13.2 Å². The van der Waals surface area contributed by atoms with E-state index >= 15 is 0 Å². The van der Waals surface area contributed by atoms with Crippen LogP contribution in [0.3, 0.4) is 0 Å². The van der Waals surface area contributed by atoms with Crippen LogP contribution in [0, 0.1) is 5.92 Å². The van der Waals surface area contributed by atoms with Crippen molar-refractivity contribution in [1.82, 2.24) is 0 Å². The fraction of sp³-hybridized carbons (Fsp3) is 0.235. The van der Waals surface area contributed by atoms with Crippen molar-refractivity contribution >= 4 is 40.8 Å². The molecule has 2 unspecified atom stereocenters. The Kier molecular flexibility index (Phi) is 5.38. The molecule has 2 aromatic rings. The van der Waals surface area contributed by atoms with Crippen LogP contribution in [0.25, 0.3) is 0 Å². The number of halogens is 6. The fourth-order valence-corrected chi connectivity index (χ4v) is 3.39. The van der Waals surface area contributed by atoms with Crippen molar-refractivity contribution in [3.05, 3.63) is 51.0 Å². The highest BCUT2D eigenvalue weighted by atomic mass is 35.5. The number of ether oxygens (including phenoxy) is 2. The molecule has 1 aliphatic rings. The molecule has 0 fully saturated rings. The number of fused-ring (bicyclic) bond motifs is 1. The van der Waals surface area contributed by atoms with Gasteiger partial charge in [-0.1, -0.05) is 40.9 Å². The molecular weight excluding hydrogens is 432 g/mol. The Morgan fingerprint density at radius 3 is 2.33 bits per heavy atom. The van der Waals surface area contributed by atoms with Crippen LogP contribution in [0.5, 0.6) is 17.2 Å². The van der Waals surface area contributed by atoms with Gasteiger partial charge in [-0.15, -0.1) is 0 Å². The van der Waals surface area contributed by atoms with E-state index in [-0.39, 0.29) is 44.3 Å². The third kappa shape index (κ3) is 4.05. The van der Waals surface area contributed by atoms with E-state index in [1.54, 1.807) is 6.07 Å². The standard InChI is InChI=1S/C17H10Cl3F3O4/c18-9-2-1-3-10(19)14(9)26-13-6-12-7(5-11(13)20)4-8(16(24)25)15(27-12)17(21,22)23/h1-3,5-6,8,15H,4H2,(H,24,25). The number of alkyl halides is 3. The van der Waals surface area contributed by atoms with Crippen molar-refractivity contribution in [2.24, 2.45) is 5.92 Å². The molecule has 0 saturated heterocycles. The lowest BCUT2D eigenvalue weighted by Crippen LogP contribution is -2.47. The lowest BCUT2D eigenvalue weighted by molar-refractivity contribution is -0.217. The third-order valence-electron chi connectivity index (χ3n) is 3.94. The number of benzene rings is 2. The van der Waals surface area contributed by atoms with E-state index in [2.05, 4.69) is 0 Å². The molecule has 0 saturated carbocycles. The average Bonchev–Trinajstić information content (AvgIpc) is 2.56. The van der Waals surface area contributed by atoms with Crippen molar-refractivity contribution in [3.63, 3.8) is 0 Å². The minimum atomic E-state index is -4.85. The number of aliphatic carboxylic acids is 1. The summed E-state index contributed by atoms with van der Waals surface area (Å²) in [5.74, 6) is -3.51. The summed E-state index contributed by atoms with van der Waals surface area (Å²) in [5, 5.41) is 9.51. The molecule has 2 atom stereocenters. The van der Waals surface area contributed by atoms with Crippen molar-refractivity contribution in [2.75, 3.05) is 0 Å². The molecule has 1 N–H and O–H groups in total. The largest absolute Gasteiger partial charge is 0.481 e. The minimum Gasteiger partial charge on any atom is -0.481 e. The highest BCUT2D eigenvalue weighted by molar-refractivity contribution is 6.37. The molecule has 2 aromatic carbocycles. The Labute approximate surface area is 166 Å². The van der Waals surface area contributed by atoms with Gasteiger partial charge in [-0.2, -0.15) is 13.2 Å². The van der Waals surface area contributed by atoms with Crippen LogP contribution in [-0.4, -0.2) is 23.4 Å². The molecule has 10 heteroatoms. The first-order valence-electron chi connectivity index (χ1n) is 7.48. The molecule has 1 heterocycles. The van der Waals surface area contributed by atoms with E-state index in [1.807, 2.05) is 0 Å². The van der Waals surface area contributed by atoms with Crippen molar-refractivity contribution in [1.29, 1.82) is 0 Å². The summed E-state index contributed by atoms with van der Waals surface area (Å²) in [7, 11) is 0. The van der Waals surface area contributed by atoms with Crippen molar-refractivity contribution < 1.29 is 32.5 Å². The second-order valence-electron chi connectivity index (χ2n) is 5.77. The summed E-state index contributed by atoms with van der Waals surface area (Å²) in [6.07, 6.45) is -7.73. The zero-order valence-corrected chi connectivity index (χ0v) is 15.5. The number of carboxylic acid groups (broad SMARTS) is 1. The molecule has 0 spiro atoms. The van der Waals surface area contributed by atoms with Gasteiger partial charge >= 0.3 is 12.1 Å². The van der Waals surface area contributed by atoms with Gasteiger partial charge < -0.3 is 14.6 Å². The Morgan fingerprint density at radius 1 is 1.15 bits per heavy atom. The first-order chi connectivity index (χ1) is 12.6. The van der Waals surface area contributed by atoms with E-state index in [4.69, 9.17) is 49.4 Å². The molecule has 0 bridgehead atoms. The van der Waals surface area contributed by atoms with Gasteiger partial charge in [0.25, 0.3) is 0 Å². The Hall–Kier alpha value is -1.83. The van der Waals surface area contributed by atoms with Gasteiger partial charge in [0.2, 0.25) is 6.10 Å². The van der Waals surface area contributed by atoms with Gasteiger partial charge in [-0.25, -0.2) is 0 Å². The van der Waals surface area contributed by atoms with E-state index in [0.29, 0.717) is 0 Å². The van der Waals surface area contributed by atoms with Gasteiger partial charge in [0.15, 0.2) is 5.75 Å². The fourth-order valence-electron chi connectivity index (χ4n) is 2.69. The second kappa shape index (κ2) is 7.30. The lowest BCUT2D eigenvalue weighted by Gasteiger charge is -2.32. The molecule has 27 heavy (non-hydrogen) atoms. The number of para-hydroxylation sites is 1. The number of hydrogen-bond donors (Lipinski definition) is 1. The first-order valence-corrected chi connectivity index (χ1v) is 8.61. The SMILES string of the molecule is O=C(O)C1Cc2cc(Cl)c(Oc3c(Cl)cccc3Cl)cc2OC1C(F)(F)F. The summed E-state index contributed by atoms with van der Waals surface area (Å²) in [6.45, 7) is 0. The Balaban J connectivity index is 2.00. The zero-order valence-electron chi connectivity index (χ0n) is 13.2. The lowest BCUT2D eigenvalue weighted by atomic mass is 9.90. The molecule has 0 radical (unpaired) electrons. The highest BCUT2D eigenvalue weighted by Gasteiger charge is 2.52. The molecule has 4 nitrogen and oxygen atoms in total. The van der Waals surface area contributed by atoms with Gasteiger partial charge in [-0.3, -0.25) is 4.79 Å². The summed E-state index contributed by atoms with van der Waals surface area (Å²) in [4.78, 5) is 11.2. The topological polar surface area (TPSA) is 55.8 Å². The van der Waals surface area contributed by atoms with Gasteiger partial charge in [0, 0.05) is 6.07 Å². The minimum absolute atomic E-state index is 0.0277. The summed E-state index contributed by atoms with van der Waals surface area (Å²) >= 11 is 18.2. The van der Waals surface area contributed by atoms with Crippen LogP contribution < -0.4 is 9.47 Å². The van der Waals surface area contributed by atoms with Crippen LogP contribution >= 0.6 is 34.8 Å². The number of rotatable bonds is 3. The molecule has 0 aliphatic carbocycles. The predicted molar refractivity (Wildman–Crippen MR) is 93.3 cm³/mol. The molecule has 144 valence electrons. The zero-order chi connectivity index (χ0) is 19.9. The van der Waals surface area contributed by atoms with Crippen LogP contribution in [0.2, 0.25) is 15.1 Å². The van der Waals surface area contributed by atoms with Gasteiger partial charge in [0.1, 0.15) is 17.4 Å². The van der Waals surface area contributed by atoms with E-state index in [9.17, 15) is 18.0 Å². The van der Waals surface area contributed by atoms with Crippen LogP contribution in [0.1, 0.15) is 5.56 Å². The van der Waals surface area contributed by atoms with E-state index < -0.39 is 24.2 Å². The molecular formula is C17H10Cl3F3O4. The average molecular weight is 442 g/mol. The van der Waals surface area contributed by atoms with E-state index in [0.717, 1.165) is 6.07 Å². The molecule has 3 rings (SSSR count). The normalized spacial score (nSPS) is 19.2. The summed E-state index contributed by atoms with van der Waals surface area (Å²) < 4.78 is 50.1. The van der Waals surface area contributed by atoms with Crippen molar-refractivity contribution in [2.45, 2.75) is 18.7 Å². The van der Waals surface area contributed by atoms with Crippen LogP contribution in [-0.2, 0) is 11.2 Å². The third-order valence-corrected chi connectivity index (χ3v) is 4.84. The maximum atomic E-state index is 13.2. The Morgan fingerprint density at radius 2 is 1.78 bits per heavy atom. The van der Waals surface area contributed by atoms with Gasteiger partial charge in [-0.05, 0) is 30.2 Å². The summed E-state index contributed by atoms with van der Waals surface area (Å²) in [6, 6.07) is 7.09. The number of carbonyl (C=O) groups is 1. The smallest absolute Gasteiger partial charge is 0.426 e. The maximum Gasteiger partial charge on any atom is 0.426 e. The van der Waals surface area contributed by atoms with Crippen molar-refractivity contribution in [3.8, 4) is 17.2 Å². The number of hydrogen-bond acceptors (Lipinski definition) is 3. The molecule has 0 aromatic heterocycles.